The topological polar surface area (TPSA) is 38.3 Å². The molecule has 1 unspecified atom stereocenters. The molecule has 0 aromatic heterocycles. The normalized spacial score (nSPS) is 24.6. The van der Waals surface area contributed by atoms with Crippen LogP contribution in [-0.4, -0.2) is 24.7 Å². The van der Waals surface area contributed by atoms with Crippen LogP contribution in [0.3, 0.4) is 0 Å². The summed E-state index contributed by atoms with van der Waals surface area (Å²) >= 11 is 0. The van der Waals surface area contributed by atoms with Crippen LogP contribution in [0, 0.1) is 10.8 Å². The van der Waals surface area contributed by atoms with Crippen molar-refractivity contribution >= 4 is 5.97 Å². The molecule has 18 heavy (non-hydrogen) atoms. The zero-order chi connectivity index (χ0) is 14.0. The largest absolute Gasteiger partial charge is 0.465 e. The third-order valence-corrected chi connectivity index (χ3v) is 3.68. The van der Waals surface area contributed by atoms with E-state index in [4.69, 9.17) is 4.74 Å². The van der Waals surface area contributed by atoms with Gasteiger partial charge in [-0.25, -0.2) is 0 Å². The maximum Gasteiger partial charge on any atom is 0.322 e. The maximum atomic E-state index is 11.7. The Morgan fingerprint density at radius 2 is 1.78 bits per heavy atom. The third kappa shape index (κ3) is 4.60. The van der Waals surface area contributed by atoms with Crippen molar-refractivity contribution in [2.75, 3.05) is 6.61 Å². The molecule has 0 aliphatic heterocycles. The number of nitrogens with one attached hydrogen (secondary N) is 1. The van der Waals surface area contributed by atoms with Crippen molar-refractivity contribution in [2.45, 2.75) is 72.9 Å². The summed E-state index contributed by atoms with van der Waals surface area (Å²) in [7, 11) is 0. The fourth-order valence-corrected chi connectivity index (χ4v) is 3.65. The Hall–Kier alpha value is -0.570. The van der Waals surface area contributed by atoms with Crippen LogP contribution in [0.5, 0.6) is 0 Å². The van der Waals surface area contributed by atoms with Gasteiger partial charge in [0.25, 0.3) is 0 Å². The summed E-state index contributed by atoms with van der Waals surface area (Å²) in [5.41, 5.74) is 0.682. The molecule has 3 nitrogen and oxygen atoms in total. The van der Waals surface area contributed by atoms with Gasteiger partial charge in [0.05, 0.1) is 6.61 Å². The third-order valence-electron chi connectivity index (χ3n) is 3.68. The second-order valence-corrected chi connectivity index (χ2v) is 7.25. The molecule has 0 radical (unpaired) electrons. The summed E-state index contributed by atoms with van der Waals surface area (Å²) in [5, 5.41) is 3.44. The monoisotopic (exact) mass is 255 g/mol. The van der Waals surface area contributed by atoms with Crippen LogP contribution >= 0.6 is 0 Å². The first kappa shape index (κ1) is 15.5. The second-order valence-electron chi connectivity index (χ2n) is 7.25. The van der Waals surface area contributed by atoms with Gasteiger partial charge in [0.15, 0.2) is 0 Å². The second kappa shape index (κ2) is 5.60. The lowest BCUT2D eigenvalue weighted by Crippen LogP contribution is -2.49. The van der Waals surface area contributed by atoms with E-state index in [2.05, 4.69) is 33.0 Å². The quantitative estimate of drug-likeness (QED) is 0.784. The van der Waals surface area contributed by atoms with Gasteiger partial charge in [-0.3, -0.25) is 4.79 Å². The summed E-state index contributed by atoms with van der Waals surface area (Å²) in [5.74, 6) is -0.140. The van der Waals surface area contributed by atoms with E-state index in [1.54, 1.807) is 0 Å². The standard InChI is InChI=1S/C15H29NO2/c1-7-18-13(17)11(2)16-12-8-14(3,4)10-15(5,6)9-12/h11-12,16H,7-10H2,1-6H3. The number of hydrogen-bond donors (Lipinski definition) is 1. The van der Waals surface area contributed by atoms with Crippen LogP contribution in [0.4, 0.5) is 0 Å². The molecule has 1 fully saturated rings. The van der Waals surface area contributed by atoms with Gasteiger partial charge in [-0.05, 0) is 43.9 Å². The number of ether oxygens (including phenoxy) is 1. The molecule has 0 amide bonds. The minimum atomic E-state index is -0.209. The Kier molecular flexibility index (Phi) is 4.82. The van der Waals surface area contributed by atoms with E-state index < -0.39 is 0 Å². The van der Waals surface area contributed by atoms with Gasteiger partial charge in [0.2, 0.25) is 0 Å². The minimum Gasteiger partial charge on any atom is -0.465 e. The van der Waals surface area contributed by atoms with E-state index in [0.29, 0.717) is 23.5 Å². The Bertz CT molecular complexity index is 281. The number of hydrogen-bond acceptors (Lipinski definition) is 3. The molecule has 0 heterocycles. The van der Waals surface area contributed by atoms with Gasteiger partial charge in [-0.2, -0.15) is 0 Å². The molecule has 1 aliphatic carbocycles. The van der Waals surface area contributed by atoms with Gasteiger partial charge in [0, 0.05) is 6.04 Å². The predicted octanol–water partition coefficient (Wildman–Crippen LogP) is 3.13. The van der Waals surface area contributed by atoms with Crippen LogP contribution in [-0.2, 0) is 9.53 Å². The lowest BCUT2D eigenvalue weighted by atomic mass is 9.63. The molecule has 1 rings (SSSR count). The van der Waals surface area contributed by atoms with E-state index in [1.807, 2.05) is 13.8 Å². The molecule has 1 N–H and O–H groups in total. The Balaban J connectivity index is 2.59. The minimum absolute atomic E-state index is 0.140. The van der Waals surface area contributed by atoms with Crippen molar-refractivity contribution in [1.29, 1.82) is 0 Å². The van der Waals surface area contributed by atoms with Crippen LogP contribution in [0.2, 0.25) is 0 Å². The van der Waals surface area contributed by atoms with Crippen molar-refractivity contribution in [1.82, 2.24) is 5.32 Å². The van der Waals surface area contributed by atoms with Crippen LogP contribution in [0.15, 0.2) is 0 Å². The van der Waals surface area contributed by atoms with E-state index >= 15 is 0 Å². The molecule has 106 valence electrons. The lowest BCUT2D eigenvalue weighted by molar-refractivity contribution is -0.145. The SMILES string of the molecule is CCOC(=O)C(C)NC1CC(C)(C)CC(C)(C)C1. The van der Waals surface area contributed by atoms with Gasteiger partial charge >= 0.3 is 5.97 Å². The molecule has 0 aromatic carbocycles. The number of esters is 1. The molecule has 1 aliphatic rings. The molecule has 0 aromatic rings. The Morgan fingerprint density at radius 3 is 2.22 bits per heavy atom. The van der Waals surface area contributed by atoms with E-state index in [0.717, 1.165) is 12.8 Å². The van der Waals surface area contributed by atoms with E-state index in [1.165, 1.54) is 6.42 Å². The van der Waals surface area contributed by atoms with Crippen molar-refractivity contribution in [3.05, 3.63) is 0 Å². The van der Waals surface area contributed by atoms with Crippen LogP contribution < -0.4 is 5.32 Å². The zero-order valence-electron chi connectivity index (χ0n) is 12.8. The average Bonchev–Trinajstić information content (AvgIpc) is 2.12. The maximum absolute atomic E-state index is 11.7. The molecule has 0 bridgehead atoms. The smallest absolute Gasteiger partial charge is 0.322 e. The molecule has 1 atom stereocenters. The highest BCUT2D eigenvalue weighted by molar-refractivity contribution is 5.75. The molecular weight excluding hydrogens is 226 g/mol. The highest BCUT2D eigenvalue weighted by atomic mass is 16.5. The fourth-order valence-electron chi connectivity index (χ4n) is 3.65. The number of rotatable bonds is 4. The first-order valence-electron chi connectivity index (χ1n) is 7.08. The molecule has 0 spiro atoms. The van der Waals surface area contributed by atoms with Gasteiger partial charge < -0.3 is 10.1 Å². The first-order valence-corrected chi connectivity index (χ1v) is 7.08. The van der Waals surface area contributed by atoms with Crippen molar-refractivity contribution in [3.63, 3.8) is 0 Å². The average molecular weight is 255 g/mol. The van der Waals surface area contributed by atoms with Crippen LogP contribution in [0.25, 0.3) is 0 Å². The highest BCUT2D eigenvalue weighted by Crippen LogP contribution is 2.45. The van der Waals surface area contributed by atoms with Gasteiger partial charge in [0.1, 0.15) is 6.04 Å². The summed E-state index contributed by atoms with van der Waals surface area (Å²) in [6, 6.07) is 0.197. The first-order chi connectivity index (χ1) is 8.15. The summed E-state index contributed by atoms with van der Waals surface area (Å²) < 4.78 is 5.05. The van der Waals surface area contributed by atoms with Crippen LogP contribution in [0.1, 0.15) is 60.8 Å². The predicted molar refractivity (Wildman–Crippen MR) is 74.4 cm³/mol. The number of carbonyl (C=O) groups is 1. The summed E-state index contributed by atoms with van der Waals surface area (Å²) in [4.78, 5) is 11.7. The molecule has 0 saturated heterocycles. The van der Waals surface area contributed by atoms with Gasteiger partial charge in [-0.1, -0.05) is 27.7 Å². The fraction of sp³-hybridized carbons (Fsp3) is 0.933. The summed E-state index contributed by atoms with van der Waals surface area (Å²) in [6.45, 7) is 13.5. The molecule has 3 heteroatoms. The van der Waals surface area contributed by atoms with E-state index in [-0.39, 0.29) is 12.0 Å². The zero-order valence-corrected chi connectivity index (χ0v) is 12.8. The van der Waals surface area contributed by atoms with Crippen molar-refractivity contribution < 1.29 is 9.53 Å². The lowest BCUT2D eigenvalue weighted by Gasteiger charge is -2.45. The summed E-state index contributed by atoms with van der Waals surface area (Å²) in [6.07, 6.45) is 3.49. The van der Waals surface area contributed by atoms with E-state index in [9.17, 15) is 4.79 Å². The van der Waals surface area contributed by atoms with Crippen molar-refractivity contribution in [3.8, 4) is 0 Å². The Labute approximate surface area is 112 Å². The molecule has 1 saturated carbocycles. The Morgan fingerprint density at radius 1 is 1.28 bits per heavy atom. The van der Waals surface area contributed by atoms with Gasteiger partial charge in [-0.15, -0.1) is 0 Å². The highest BCUT2D eigenvalue weighted by Gasteiger charge is 2.39. The van der Waals surface area contributed by atoms with Crippen molar-refractivity contribution in [2.24, 2.45) is 10.8 Å². The molecular formula is C15H29NO2. The number of carbonyl (C=O) groups excluding carboxylic acids is 1.